The van der Waals surface area contributed by atoms with Gasteiger partial charge in [0.05, 0.1) is 7.11 Å². The summed E-state index contributed by atoms with van der Waals surface area (Å²) in [5.41, 5.74) is 2.99. The molecule has 1 unspecified atom stereocenters. The Hall–Kier alpha value is -2.38. The number of benzene rings is 2. The van der Waals surface area contributed by atoms with Crippen LogP contribution in [0.2, 0.25) is 0 Å². The van der Waals surface area contributed by atoms with E-state index in [1.807, 2.05) is 17.9 Å². The van der Waals surface area contributed by atoms with Gasteiger partial charge in [-0.25, -0.2) is 13.1 Å². The summed E-state index contributed by atoms with van der Waals surface area (Å²) in [5, 5.41) is 0. The van der Waals surface area contributed by atoms with Gasteiger partial charge in [-0.1, -0.05) is 31.2 Å². The van der Waals surface area contributed by atoms with Gasteiger partial charge in [0.2, 0.25) is 10.0 Å². The van der Waals surface area contributed by atoms with Crippen LogP contribution in [0.4, 0.5) is 0 Å². The Labute approximate surface area is 185 Å². The minimum absolute atomic E-state index is 0.0139. The van der Waals surface area contributed by atoms with Gasteiger partial charge in [-0.3, -0.25) is 4.79 Å². The van der Waals surface area contributed by atoms with Gasteiger partial charge >= 0.3 is 0 Å². The molecule has 2 aromatic rings. The first-order valence-corrected chi connectivity index (χ1v) is 12.3. The molecule has 1 aliphatic carbocycles. The van der Waals surface area contributed by atoms with Crippen LogP contribution in [0.25, 0.3) is 0 Å². The molecule has 168 valence electrons. The summed E-state index contributed by atoms with van der Waals surface area (Å²) in [5.74, 6) is 0.0771. The van der Waals surface area contributed by atoms with Crippen LogP contribution in [-0.4, -0.2) is 45.0 Å². The van der Waals surface area contributed by atoms with Crippen LogP contribution >= 0.6 is 0 Å². The van der Waals surface area contributed by atoms with Crippen LogP contribution in [-0.2, 0) is 22.9 Å². The molecule has 7 heteroatoms. The standard InChI is InChI=1S/C24H32N2O4S/c1-5-14-26(21-12-10-18-8-6-7-9-19(18)15-21)24(27)20-11-13-22(30-4)23(16-20)31(28,29)25-17(2)3/h6-9,11,13,16-17,21,25H,5,10,12,14-15H2,1-4H3. The van der Waals surface area contributed by atoms with Gasteiger partial charge in [0.15, 0.2) is 0 Å². The fraction of sp³-hybridized carbons (Fsp3) is 0.458. The van der Waals surface area contributed by atoms with E-state index in [1.165, 1.54) is 24.3 Å². The van der Waals surface area contributed by atoms with Crippen LogP contribution in [0.3, 0.4) is 0 Å². The summed E-state index contributed by atoms with van der Waals surface area (Å²) in [6.45, 7) is 6.18. The lowest BCUT2D eigenvalue weighted by molar-refractivity contribution is 0.0661. The molecule has 0 heterocycles. The number of hydrogen-bond donors (Lipinski definition) is 1. The Morgan fingerprint density at radius 2 is 1.90 bits per heavy atom. The Kier molecular flexibility index (Phi) is 7.38. The maximum absolute atomic E-state index is 13.5. The lowest BCUT2D eigenvalue weighted by Crippen LogP contribution is -2.44. The highest BCUT2D eigenvalue weighted by atomic mass is 32.2. The van der Waals surface area contributed by atoms with Crippen LogP contribution in [0, 0.1) is 0 Å². The number of fused-ring (bicyclic) bond motifs is 1. The second-order valence-corrected chi connectivity index (χ2v) is 9.99. The number of ether oxygens (including phenoxy) is 1. The van der Waals surface area contributed by atoms with E-state index < -0.39 is 10.0 Å². The first-order valence-electron chi connectivity index (χ1n) is 10.8. The summed E-state index contributed by atoms with van der Waals surface area (Å²) in [6.07, 6.45) is 3.49. The first-order chi connectivity index (χ1) is 14.8. The minimum atomic E-state index is -3.81. The molecule has 0 saturated heterocycles. The molecule has 1 N–H and O–H groups in total. The maximum Gasteiger partial charge on any atom is 0.254 e. The van der Waals surface area contributed by atoms with Gasteiger partial charge in [0, 0.05) is 24.2 Å². The monoisotopic (exact) mass is 444 g/mol. The van der Waals surface area contributed by atoms with Crippen molar-refractivity contribution < 1.29 is 17.9 Å². The zero-order chi connectivity index (χ0) is 22.6. The van der Waals surface area contributed by atoms with Crippen LogP contribution < -0.4 is 9.46 Å². The highest BCUT2D eigenvalue weighted by Crippen LogP contribution is 2.29. The summed E-state index contributed by atoms with van der Waals surface area (Å²) < 4.78 is 33.5. The van der Waals surface area contributed by atoms with Crippen molar-refractivity contribution in [2.75, 3.05) is 13.7 Å². The summed E-state index contributed by atoms with van der Waals surface area (Å²) in [6, 6.07) is 12.8. The van der Waals surface area contributed by atoms with Crippen molar-refractivity contribution >= 4 is 15.9 Å². The number of sulfonamides is 1. The largest absolute Gasteiger partial charge is 0.495 e. The van der Waals surface area contributed by atoms with Crippen molar-refractivity contribution in [3.63, 3.8) is 0 Å². The Morgan fingerprint density at radius 3 is 2.55 bits per heavy atom. The molecule has 1 atom stereocenters. The number of nitrogens with one attached hydrogen (secondary N) is 1. The molecule has 2 aromatic carbocycles. The normalized spacial score (nSPS) is 16.1. The predicted molar refractivity (Wildman–Crippen MR) is 122 cm³/mol. The highest BCUT2D eigenvalue weighted by molar-refractivity contribution is 7.89. The van der Waals surface area contributed by atoms with E-state index in [2.05, 4.69) is 22.9 Å². The molecule has 0 spiro atoms. The molecule has 1 amide bonds. The SMILES string of the molecule is CCCN(C(=O)c1ccc(OC)c(S(=O)(=O)NC(C)C)c1)C1CCc2ccccc2C1. The number of carbonyl (C=O) groups is 1. The van der Waals surface area contributed by atoms with Crippen molar-refractivity contribution in [2.45, 2.75) is 63.4 Å². The molecule has 0 radical (unpaired) electrons. The molecular formula is C24H32N2O4S. The topological polar surface area (TPSA) is 75.7 Å². The van der Waals surface area contributed by atoms with Crippen LogP contribution in [0.5, 0.6) is 5.75 Å². The number of aryl methyl sites for hydroxylation is 1. The number of rotatable bonds is 8. The minimum Gasteiger partial charge on any atom is -0.495 e. The fourth-order valence-corrected chi connectivity index (χ4v) is 5.64. The van der Waals surface area contributed by atoms with Gasteiger partial charge < -0.3 is 9.64 Å². The average Bonchev–Trinajstić information content (AvgIpc) is 2.75. The molecule has 6 nitrogen and oxygen atoms in total. The molecule has 1 aliphatic rings. The smallest absolute Gasteiger partial charge is 0.254 e. The summed E-state index contributed by atoms with van der Waals surface area (Å²) in [7, 11) is -2.38. The van der Waals surface area contributed by atoms with E-state index in [4.69, 9.17) is 4.74 Å². The molecule has 0 aliphatic heterocycles. The molecule has 0 fully saturated rings. The third kappa shape index (κ3) is 5.28. The molecule has 0 saturated carbocycles. The van der Waals surface area contributed by atoms with Crippen molar-refractivity contribution in [3.05, 3.63) is 59.2 Å². The van der Waals surface area contributed by atoms with Crippen molar-refractivity contribution in [3.8, 4) is 5.75 Å². The Balaban J connectivity index is 1.93. The van der Waals surface area contributed by atoms with Gasteiger partial charge in [-0.2, -0.15) is 0 Å². The average molecular weight is 445 g/mol. The highest BCUT2D eigenvalue weighted by Gasteiger charge is 2.29. The van der Waals surface area contributed by atoms with Gasteiger partial charge in [0.25, 0.3) is 5.91 Å². The number of carbonyl (C=O) groups excluding carboxylic acids is 1. The van der Waals surface area contributed by atoms with E-state index in [1.54, 1.807) is 26.0 Å². The van der Waals surface area contributed by atoms with Gasteiger partial charge in [-0.15, -0.1) is 0 Å². The number of methoxy groups -OCH3 is 1. The zero-order valence-corrected chi connectivity index (χ0v) is 19.5. The number of hydrogen-bond acceptors (Lipinski definition) is 4. The summed E-state index contributed by atoms with van der Waals surface area (Å²) in [4.78, 5) is 15.4. The lowest BCUT2D eigenvalue weighted by Gasteiger charge is -2.35. The maximum atomic E-state index is 13.5. The van der Waals surface area contributed by atoms with E-state index in [-0.39, 0.29) is 28.6 Å². The second-order valence-electron chi connectivity index (χ2n) is 8.31. The van der Waals surface area contributed by atoms with Gasteiger partial charge in [-0.05, 0) is 68.9 Å². The van der Waals surface area contributed by atoms with Crippen molar-refractivity contribution in [1.82, 2.24) is 9.62 Å². The second kappa shape index (κ2) is 9.83. The van der Waals surface area contributed by atoms with Crippen molar-refractivity contribution in [1.29, 1.82) is 0 Å². The van der Waals surface area contributed by atoms with Crippen LogP contribution in [0.15, 0.2) is 47.4 Å². The summed E-state index contributed by atoms with van der Waals surface area (Å²) >= 11 is 0. The fourth-order valence-electron chi connectivity index (χ4n) is 4.19. The first kappa shape index (κ1) is 23.3. The number of amides is 1. The zero-order valence-electron chi connectivity index (χ0n) is 18.7. The van der Waals surface area contributed by atoms with Crippen molar-refractivity contribution in [2.24, 2.45) is 0 Å². The Morgan fingerprint density at radius 1 is 1.19 bits per heavy atom. The molecule has 3 rings (SSSR count). The quantitative estimate of drug-likeness (QED) is 0.672. The van der Waals surface area contributed by atoms with Gasteiger partial charge in [0.1, 0.15) is 10.6 Å². The molecular weight excluding hydrogens is 412 g/mol. The van der Waals surface area contributed by atoms with E-state index in [0.717, 1.165) is 25.7 Å². The third-order valence-electron chi connectivity index (χ3n) is 5.58. The molecule has 31 heavy (non-hydrogen) atoms. The molecule has 0 aromatic heterocycles. The molecule has 0 bridgehead atoms. The van der Waals surface area contributed by atoms with E-state index in [0.29, 0.717) is 12.1 Å². The Bertz CT molecular complexity index is 1030. The third-order valence-corrected chi connectivity index (χ3v) is 7.26. The van der Waals surface area contributed by atoms with E-state index in [9.17, 15) is 13.2 Å². The van der Waals surface area contributed by atoms with Crippen LogP contribution in [0.1, 0.15) is 55.1 Å². The van der Waals surface area contributed by atoms with E-state index >= 15 is 0 Å². The lowest BCUT2D eigenvalue weighted by atomic mass is 9.87. The number of nitrogens with zero attached hydrogens (tertiary/aromatic N) is 1. The predicted octanol–water partition coefficient (Wildman–Crippen LogP) is 3.79.